The van der Waals surface area contributed by atoms with Gasteiger partial charge in [0, 0.05) is 11.9 Å². The normalized spacial score (nSPS) is 15.6. The van der Waals surface area contributed by atoms with Crippen molar-refractivity contribution in [2.75, 3.05) is 19.0 Å². The molecule has 0 radical (unpaired) electrons. The standard InChI is InChI=1S/C19H20N2O5S/c1-12-7-8-13(26-12)10-21(2)17(22)11-25-18(23)9-16-19(24)20-14-5-3-4-6-15(14)27-16/h3-8,16H,9-11H2,1-2H3,(H,20,24)/t16-/m0/s1. The van der Waals surface area contributed by atoms with Crippen molar-refractivity contribution in [2.24, 2.45) is 0 Å². The van der Waals surface area contributed by atoms with Crippen LogP contribution in [0, 0.1) is 6.92 Å². The second kappa shape index (κ2) is 8.30. The number of amides is 2. The van der Waals surface area contributed by atoms with Gasteiger partial charge < -0.3 is 19.4 Å². The maximum Gasteiger partial charge on any atom is 0.307 e. The number of nitrogens with one attached hydrogen (secondary N) is 1. The predicted molar refractivity (Wildman–Crippen MR) is 100 cm³/mol. The quantitative estimate of drug-likeness (QED) is 0.765. The van der Waals surface area contributed by atoms with Crippen LogP contribution in [0.5, 0.6) is 0 Å². The molecule has 2 aromatic rings. The summed E-state index contributed by atoms with van der Waals surface area (Å²) in [6.45, 7) is 1.75. The van der Waals surface area contributed by atoms with Gasteiger partial charge in [-0.3, -0.25) is 14.4 Å². The fourth-order valence-electron chi connectivity index (χ4n) is 2.58. The van der Waals surface area contributed by atoms with Gasteiger partial charge in [0.2, 0.25) is 5.91 Å². The number of esters is 1. The molecule has 142 valence electrons. The topological polar surface area (TPSA) is 88.9 Å². The first-order valence-electron chi connectivity index (χ1n) is 8.44. The molecule has 2 heterocycles. The molecule has 0 fully saturated rings. The lowest BCUT2D eigenvalue weighted by atomic mass is 10.2. The maximum absolute atomic E-state index is 12.1. The molecule has 7 nitrogen and oxygen atoms in total. The van der Waals surface area contributed by atoms with Crippen LogP contribution in [-0.2, 0) is 25.7 Å². The lowest BCUT2D eigenvalue weighted by Crippen LogP contribution is -2.33. The summed E-state index contributed by atoms with van der Waals surface area (Å²) >= 11 is 1.32. The van der Waals surface area contributed by atoms with Gasteiger partial charge in [-0.2, -0.15) is 0 Å². The number of para-hydroxylation sites is 1. The SMILES string of the molecule is Cc1ccc(CN(C)C(=O)COC(=O)C[C@@H]2Sc3ccccc3NC2=O)o1. The van der Waals surface area contributed by atoms with Crippen molar-refractivity contribution in [3.63, 3.8) is 0 Å². The molecule has 1 aliphatic rings. The molecule has 0 bridgehead atoms. The van der Waals surface area contributed by atoms with Crippen LogP contribution in [0.25, 0.3) is 0 Å². The number of anilines is 1. The minimum Gasteiger partial charge on any atom is -0.464 e. The van der Waals surface area contributed by atoms with Crippen molar-refractivity contribution < 1.29 is 23.5 Å². The van der Waals surface area contributed by atoms with E-state index in [4.69, 9.17) is 9.15 Å². The molecule has 0 saturated carbocycles. The molecule has 0 unspecified atom stereocenters. The number of carbonyl (C=O) groups is 3. The van der Waals surface area contributed by atoms with Gasteiger partial charge in [0.05, 0.1) is 23.9 Å². The van der Waals surface area contributed by atoms with Crippen molar-refractivity contribution >= 4 is 35.2 Å². The Kier molecular flexibility index (Phi) is 5.85. The predicted octanol–water partition coefficient (Wildman–Crippen LogP) is 2.59. The summed E-state index contributed by atoms with van der Waals surface area (Å²) in [7, 11) is 1.61. The first-order chi connectivity index (χ1) is 12.9. The Labute approximate surface area is 161 Å². The zero-order valence-corrected chi connectivity index (χ0v) is 15.9. The number of hydrogen-bond donors (Lipinski definition) is 1. The Morgan fingerprint density at radius 1 is 1.26 bits per heavy atom. The second-order valence-electron chi connectivity index (χ2n) is 6.22. The number of rotatable bonds is 6. The fourth-order valence-corrected chi connectivity index (χ4v) is 3.68. The number of benzene rings is 1. The average molecular weight is 388 g/mol. The lowest BCUT2D eigenvalue weighted by molar-refractivity contribution is -0.152. The first-order valence-corrected chi connectivity index (χ1v) is 9.32. The van der Waals surface area contributed by atoms with Crippen LogP contribution in [0.2, 0.25) is 0 Å². The molecular weight excluding hydrogens is 368 g/mol. The second-order valence-corrected chi connectivity index (χ2v) is 7.46. The van der Waals surface area contributed by atoms with Gasteiger partial charge in [-0.05, 0) is 31.2 Å². The largest absolute Gasteiger partial charge is 0.464 e. The molecule has 3 rings (SSSR count). The van der Waals surface area contributed by atoms with E-state index in [1.807, 2.05) is 37.3 Å². The van der Waals surface area contributed by atoms with Gasteiger partial charge in [-0.25, -0.2) is 0 Å². The van der Waals surface area contributed by atoms with Crippen LogP contribution in [0.4, 0.5) is 5.69 Å². The van der Waals surface area contributed by atoms with Gasteiger partial charge in [0.15, 0.2) is 6.61 Å². The average Bonchev–Trinajstić information content (AvgIpc) is 3.05. The summed E-state index contributed by atoms with van der Waals surface area (Å²) in [5.74, 6) is 0.249. The highest BCUT2D eigenvalue weighted by Gasteiger charge is 2.29. The van der Waals surface area contributed by atoms with Gasteiger partial charge >= 0.3 is 5.97 Å². The van der Waals surface area contributed by atoms with E-state index >= 15 is 0 Å². The molecular formula is C19H20N2O5S. The highest BCUT2D eigenvalue weighted by molar-refractivity contribution is 8.01. The highest BCUT2D eigenvalue weighted by atomic mass is 32.2. The summed E-state index contributed by atoms with van der Waals surface area (Å²) in [4.78, 5) is 38.6. The number of carbonyl (C=O) groups excluding carboxylic acids is 3. The van der Waals surface area contributed by atoms with E-state index in [1.165, 1.54) is 16.7 Å². The van der Waals surface area contributed by atoms with Crippen molar-refractivity contribution in [2.45, 2.75) is 30.0 Å². The van der Waals surface area contributed by atoms with Crippen LogP contribution >= 0.6 is 11.8 Å². The van der Waals surface area contributed by atoms with E-state index in [9.17, 15) is 14.4 Å². The van der Waals surface area contributed by atoms with Gasteiger partial charge in [-0.15, -0.1) is 11.8 Å². The lowest BCUT2D eigenvalue weighted by Gasteiger charge is -2.23. The first kappa shape index (κ1) is 19.0. The third-order valence-corrected chi connectivity index (χ3v) is 5.31. The van der Waals surface area contributed by atoms with Gasteiger partial charge in [-0.1, -0.05) is 12.1 Å². The van der Waals surface area contributed by atoms with Crippen LogP contribution < -0.4 is 5.32 Å². The Bertz CT molecular complexity index is 863. The number of aryl methyl sites for hydroxylation is 1. The van der Waals surface area contributed by atoms with Crippen LogP contribution in [0.3, 0.4) is 0 Å². The van der Waals surface area contributed by atoms with E-state index in [-0.39, 0.29) is 24.8 Å². The van der Waals surface area contributed by atoms with Crippen molar-refractivity contribution in [1.29, 1.82) is 0 Å². The van der Waals surface area contributed by atoms with Crippen LogP contribution in [0.1, 0.15) is 17.9 Å². The highest BCUT2D eigenvalue weighted by Crippen LogP contribution is 2.36. The molecule has 2 amide bonds. The summed E-state index contributed by atoms with van der Waals surface area (Å²) in [5, 5.41) is 2.20. The number of hydrogen-bond acceptors (Lipinski definition) is 6. The third kappa shape index (κ3) is 4.91. The monoisotopic (exact) mass is 388 g/mol. The van der Waals surface area contributed by atoms with E-state index in [0.717, 1.165) is 16.3 Å². The molecule has 1 atom stereocenters. The summed E-state index contributed by atoms with van der Waals surface area (Å²) in [5.41, 5.74) is 0.738. The molecule has 0 saturated heterocycles. The molecule has 0 spiro atoms. The minimum atomic E-state index is -0.586. The van der Waals surface area contributed by atoms with Crippen LogP contribution in [0.15, 0.2) is 45.7 Å². The van der Waals surface area contributed by atoms with E-state index in [0.29, 0.717) is 12.3 Å². The Morgan fingerprint density at radius 3 is 2.78 bits per heavy atom. The molecule has 1 aromatic heterocycles. The zero-order valence-electron chi connectivity index (χ0n) is 15.1. The number of likely N-dealkylation sites (N-methyl/N-ethyl adjacent to an activating group) is 1. The zero-order chi connectivity index (χ0) is 19.4. The maximum atomic E-state index is 12.1. The van der Waals surface area contributed by atoms with Crippen molar-refractivity contribution in [3.8, 4) is 0 Å². The molecule has 8 heteroatoms. The number of fused-ring (bicyclic) bond motifs is 1. The van der Waals surface area contributed by atoms with Crippen molar-refractivity contribution in [1.82, 2.24) is 4.90 Å². The van der Waals surface area contributed by atoms with E-state index in [2.05, 4.69) is 5.32 Å². The number of ether oxygens (including phenoxy) is 1. The summed E-state index contributed by atoms with van der Waals surface area (Å²) in [6.07, 6.45) is -0.0980. The van der Waals surface area contributed by atoms with E-state index < -0.39 is 11.2 Å². The molecule has 1 aromatic carbocycles. The minimum absolute atomic E-state index is 0.0980. The van der Waals surface area contributed by atoms with Gasteiger partial charge in [0.1, 0.15) is 11.5 Å². The summed E-state index contributed by atoms with van der Waals surface area (Å²) in [6, 6.07) is 11.0. The number of nitrogens with zero attached hydrogens (tertiary/aromatic N) is 1. The molecule has 1 N–H and O–H groups in total. The summed E-state index contributed by atoms with van der Waals surface area (Å²) < 4.78 is 10.5. The van der Waals surface area contributed by atoms with Gasteiger partial charge in [0.25, 0.3) is 5.91 Å². The molecule has 27 heavy (non-hydrogen) atoms. The number of thioether (sulfide) groups is 1. The Balaban J connectivity index is 1.46. The Morgan fingerprint density at radius 2 is 2.04 bits per heavy atom. The molecule has 1 aliphatic heterocycles. The van der Waals surface area contributed by atoms with Crippen LogP contribution in [-0.4, -0.2) is 41.6 Å². The molecule has 0 aliphatic carbocycles. The smallest absolute Gasteiger partial charge is 0.307 e. The fraction of sp³-hybridized carbons (Fsp3) is 0.316. The Hall–Kier alpha value is -2.74. The van der Waals surface area contributed by atoms with Crippen molar-refractivity contribution in [3.05, 3.63) is 47.9 Å². The number of furan rings is 1. The van der Waals surface area contributed by atoms with E-state index in [1.54, 1.807) is 13.1 Å². The third-order valence-electron chi connectivity index (χ3n) is 4.03.